The minimum atomic E-state index is -0.411. The molecule has 0 saturated carbocycles. The summed E-state index contributed by atoms with van der Waals surface area (Å²) < 4.78 is 1.81. The fraction of sp³-hybridized carbons (Fsp3) is 0.150. The fourth-order valence-electron chi connectivity index (χ4n) is 2.93. The van der Waals surface area contributed by atoms with E-state index in [1.165, 1.54) is 23.1 Å². The summed E-state index contributed by atoms with van der Waals surface area (Å²) >= 11 is 15.0. The highest BCUT2D eigenvalue weighted by atomic mass is 35.5. The number of aryl methyl sites for hydroxylation is 1. The molecule has 7 nitrogen and oxygen atoms in total. The third-order valence-corrected chi connectivity index (χ3v) is 7.11. The summed E-state index contributed by atoms with van der Waals surface area (Å²) in [6.45, 7) is 1.58. The molecule has 1 N–H and O–H groups in total. The minimum Gasteiger partial charge on any atom is -0.299 e. The first-order valence-corrected chi connectivity index (χ1v) is 11.6. The fourth-order valence-corrected chi connectivity index (χ4v) is 5.44. The maximum Gasteiger partial charge on any atom is 0.275 e. The van der Waals surface area contributed by atoms with E-state index in [0.717, 1.165) is 15.6 Å². The van der Waals surface area contributed by atoms with Crippen LogP contribution in [0.25, 0.3) is 10.8 Å². The largest absolute Gasteiger partial charge is 0.299 e. The van der Waals surface area contributed by atoms with Gasteiger partial charge in [-0.2, -0.15) is 5.10 Å². The van der Waals surface area contributed by atoms with E-state index in [0.29, 0.717) is 36.3 Å². The molecule has 0 radical (unpaired) electrons. The van der Waals surface area contributed by atoms with E-state index >= 15 is 0 Å². The zero-order valence-electron chi connectivity index (χ0n) is 16.1. The molecular weight excluding hydrogens is 477 g/mol. The van der Waals surface area contributed by atoms with Gasteiger partial charge < -0.3 is 0 Å². The number of halogens is 2. The highest BCUT2D eigenvalue weighted by molar-refractivity contribution is 8.00. The molecule has 31 heavy (non-hydrogen) atoms. The Balaban J connectivity index is 1.42. The van der Waals surface area contributed by atoms with Crippen molar-refractivity contribution in [1.82, 2.24) is 20.0 Å². The van der Waals surface area contributed by atoms with Gasteiger partial charge in [0.2, 0.25) is 11.0 Å². The third kappa shape index (κ3) is 4.90. The molecule has 4 rings (SSSR count). The van der Waals surface area contributed by atoms with E-state index in [-0.39, 0.29) is 12.1 Å². The van der Waals surface area contributed by atoms with Crippen LogP contribution in [0.5, 0.6) is 0 Å². The number of hydrogen-bond acceptors (Lipinski definition) is 7. The van der Waals surface area contributed by atoms with Crippen LogP contribution < -0.4 is 10.9 Å². The van der Waals surface area contributed by atoms with Crippen molar-refractivity contribution in [2.75, 3.05) is 5.32 Å². The Hall–Kier alpha value is -2.46. The van der Waals surface area contributed by atoms with Crippen LogP contribution in [-0.2, 0) is 17.1 Å². The second-order valence-corrected chi connectivity index (χ2v) is 9.52. The van der Waals surface area contributed by atoms with Gasteiger partial charge in [0, 0.05) is 21.2 Å². The number of aromatic nitrogens is 4. The van der Waals surface area contributed by atoms with E-state index in [1.807, 2.05) is 12.1 Å². The Bertz CT molecular complexity index is 1320. The number of carbonyl (C=O) groups is 1. The molecule has 0 saturated heterocycles. The zero-order valence-corrected chi connectivity index (χ0v) is 19.3. The van der Waals surface area contributed by atoms with E-state index in [9.17, 15) is 9.59 Å². The number of rotatable bonds is 6. The van der Waals surface area contributed by atoms with Gasteiger partial charge in [-0.1, -0.05) is 70.6 Å². The van der Waals surface area contributed by atoms with Gasteiger partial charge in [0.25, 0.3) is 5.56 Å². The first-order chi connectivity index (χ1) is 14.9. The molecule has 0 aliphatic rings. The summed E-state index contributed by atoms with van der Waals surface area (Å²) in [5.74, 6) is 0.114. The van der Waals surface area contributed by atoms with Crippen LogP contribution in [0.1, 0.15) is 11.3 Å². The molecule has 0 fully saturated rings. The van der Waals surface area contributed by atoms with Gasteiger partial charge in [0.1, 0.15) is 6.54 Å². The van der Waals surface area contributed by atoms with Crippen molar-refractivity contribution >= 4 is 68.1 Å². The van der Waals surface area contributed by atoms with Crippen LogP contribution in [0.3, 0.4) is 0 Å². The number of thioether (sulfide) groups is 1. The SMILES string of the molecule is Cc1nn(CC(=O)Nc2nnc(SCc3c(Cl)cccc3Cl)s2)c(=O)c2ccccc12. The Morgan fingerprint density at radius 3 is 2.55 bits per heavy atom. The van der Waals surface area contributed by atoms with Gasteiger partial charge in [-0.05, 0) is 30.7 Å². The average Bonchev–Trinajstić information content (AvgIpc) is 3.18. The van der Waals surface area contributed by atoms with Crippen molar-refractivity contribution in [3.63, 3.8) is 0 Å². The minimum absolute atomic E-state index is 0.220. The van der Waals surface area contributed by atoms with Crippen LogP contribution in [0.4, 0.5) is 5.13 Å². The van der Waals surface area contributed by atoms with Crippen LogP contribution in [0.2, 0.25) is 10.0 Å². The van der Waals surface area contributed by atoms with E-state index < -0.39 is 5.91 Å². The summed E-state index contributed by atoms with van der Waals surface area (Å²) in [6, 6.07) is 12.5. The topological polar surface area (TPSA) is 89.8 Å². The molecule has 158 valence electrons. The molecule has 2 aromatic carbocycles. The summed E-state index contributed by atoms with van der Waals surface area (Å²) in [6.07, 6.45) is 0. The first-order valence-electron chi connectivity index (χ1n) is 9.08. The quantitative estimate of drug-likeness (QED) is 0.307. The number of hydrogen-bond donors (Lipinski definition) is 1. The lowest BCUT2D eigenvalue weighted by molar-refractivity contribution is -0.117. The van der Waals surface area contributed by atoms with Gasteiger partial charge in [0.15, 0.2) is 4.34 Å². The molecule has 11 heteroatoms. The monoisotopic (exact) mass is 491 g/mol. The predicted molar refractivity (Wildman–Crippen MR) is 125 cm³/mol. The number of anilines is 1. The molecule has 2 aromatic heterocycles. The third-order valence-electron chi connectivity index (χ3n) is 4.40. The van der Waals surface area contributed by atoms with Gasteiger partial charge in [0.05, 0.1) is 11.1 Å². The van der Waals surface area contributed by atoms with Crippen LogP contribution in [-0.4, -0.2) is 25.9 Å². The van der Waals surface area contributed by atoms with Crippen molar-refractivity contribution < 1.29 is 4.79 Å². The lowest BCUT2D eigenvalue weighted by atomic mass is 10.1. The lowest BCUT2D eigenvalue weighted by Crippen LogP contribution is -2.30. The van der Waals surface area contributed by atoms with Crippen molar-refractivity contribution in [3.05, 3.63) is 74.1 Å². The second-order valence-electron chi connectivity index (χ2n) is 6.50. The molecular formula is C20H15Cl2N5O2S2. The first kappa shape index (κ1) is 21.8. The smallest absolute Gasteiger partial charge is 0.275 e. The Morgan fingerprint density at radius 2 is 1.81 bits per heavy atom. The summed E-state index contributed by atoms with van der Waals surface area (Å²) in [7, 11) is 0. The second kappa shape index (κ2) is 9.35. The Morgan fingerprint density at radius 1 is 1.10 bits per heavy atom. The van der Waals surface area contributed by atoms with Gasteiger partial charge in [-0.15, -0.1) is 10.2 Å². The molecule has 0 spiro atoms. The number of carbonyl (C=O) groups excluding carboxylic acids is 1. The Kier molecular flexibility index (Phi) is 6.57. The molecule has 0 aliphatic heterocycles. The Labute approximate surface area is 195 Å². The van der Waals surface area contributed by atoms with Crippen molar-refractivity contribution in [2.24, 2.45) is 0 Å². The van der Waals surface area contributed by atoms with Gasteiger partial charge in [-0.25, -0.2) is 4.68 Å². The van der Waals surface area contributed by atoms with E-state index in [1.54, 1.807) is 37.3 Å². The van der Waals surface area contributed by atoms with Gasteiger partial charge >= 0.3 is 0 Å². The zero-order chi connectivity index (χ0) is 22.0. The van der Waals surface area contributed by atoms with Crippen molar-refractivity contribution in [1.29, 1.82) is 0 Å². The van der Waals surface area contributed by atoms with Crippen LogP contribution >= 0.6 is 46.3 Å². The molecule has 2 heterocycles. The number of nitrogens with one attached hydrogen (secondary N) is 1. The summed E-state index contributed by atoms with van der Waals surface area (Å²) in [5.41, 5.74) is 1.17. The highest BCUT2D eigenvalue weighted by Gasteiger charge is 2.14. The van der Waals surface area contributed by atoms with Crippen molar-refractivity contribution in [3.8, 4) is 0 Å². The van der Waals surface area contributed by atoms with Gasteiger partial charge in [-0.3, -0.25) is 14.9 Å². The molecule has 0 aliphatic carbocycles. The molecule has 1 amide bonds. The number of amides is 1. The van der Waals surface area contributed by atoms with Crippen molar-refractivity contribution in [2.45, 2.75) is 23.6 Å². The highest BCUT2D eigenvalue weighted by Crippen LogP contribution is 2.33. The maximum absolute atomic E-state index is 12.6. The number of fused-ring (bicyclic) bond motifs is 1. The van der Waals surface area contributed by atoms with E-state index in [2.05, 4.69) is 20.6 Å². The predicted octanol–water partition coefficient (Wildman–Crippen LogP) is 4.79. The number of nitrogens with zero attached hydrogens (tertiary/aromatic N) is 4. The molecule has 4 aromatic rings. The molecule has 0 atom stereocenters. The van der Waals surface area contributed by atoms with E-state index in [4.69, 9.17) is 23.2 Å². The summed E-state index contributed by atoms with van der Waals surface area (Å²) in [5, 5.41) is 17.8. The molecule has 0 unspecified atom stereocenters. The lowest BCUT2D eigenvalue weighted by Gasteiger charge is -2.08. The standard InChI is InChI=1S/C20H15Cl2N5O2S2/c1-11-12-5-2-3-6-13(12)18(29)27(26-11)9-17(28)23-19-24-25-20(31-19)30-10-14-15(21)7-4-8-16(14)22/h2-8H,9-10H2,1H3,(H,23,24,28). The average molecular weight is 492 g/mol. The molecule has 0 bridgehead atoms. The van der Waals surface area contributed by atoms with Crippen LogP contribution in [0, 0.1) is 6.92 Å². The van der Waals surface area contributed by atoms with Crippen LogP contribution in [0.15, 0.2) is 51.6 Å². The number of benzene rings is 2. The normalized spacial score (nSPS) is 11.1. The maximum atomic E-state index is 12.6. The summed E-state index contributed by atoms with van der Waals surface area (Å²) in [4.78, 5) is 25.1.